The molecule has 4 heteroatoms. The summed E-state index contributed by atoms with van der Waals surface area (Å²) in [6.07, 6.45) is 71.8. The van der Waals surface area contributed by atoms with Crippen LogP contribution in [0.4, 0.5) is 0 Å². The molecule has 0 N–H and O–H groups in total. The van der Waals surface area contributed by atoms with Crippen LogP contribution in [0, 0.1) is 30.6 Å². The van der Waals surface area contributed by atoms with E-state index < -0.39 is 0 Å². The van der Waals surface area contributed by atoms with Gasteiger partial charge in [-0.25, -0.2) is 0 Å². The number of carbonyl (C=O) groups is 1. The first-order valence-electron chi connectivity index (χ1n) is 35.1. The minimum absolute atomic E-state index is 0.0453. The molecule has 2 aliphatic rings. The molecule has 0 spiro atoms. The molecule has 452 valence electrons. The summed E-state index contributed by atoms with van der Waals surface area (Å²) in [6.45, 7) is 16.1. The number of ether oxygens (including phenoxy) is 3. The summed E-state index contributed by atoms with van der Waals surface area (Å²) in [5.41, 5.74) is 6.50. The first-order valence-corrected chi connectivity index (χ1v) is 35.1. The molecule has 1 aliphatic carbocycles. The van der Waals surface area contributed by atoms with E-state index in [-0.39, 0.29) is 18.0 Å². The van der Waals surface area contributed by atoms with Crippen LogP contribution in [0.5, 0.6) is 0 Å². The first kappa shape index (κ1) is 70.4. The van der Waals surface area contributed by atoms with Crippen LogP contribution >= 0.6 is 0 Å². The summed E-state index contributed by atoms with van der Waals surface area (Å²) in [5, 5.41) is 0. The van der Waals surface area contributed by atoms with Gasteiger partial charge >= 0.3 is 5.97 Å². The zero-order chi connectivity index (χ0) is 55.8. The SMILES string of the molecule is CCCCCCCCCCCCCCCCCCCC(CCC(C)CCCCCCCCCCCCCCCCC)COCOCCCC(C)CCCCCCCCCc1ccc(CC2C(=O)OC3CC=C(C)C=C32)cc1C. The van der Waals surface area contributed by atoms with Gasteiger partial charge in [0.15, 0.2) is 0 Å². The third kappa shape index (κ3) is 37.2. The maximum absolute atomic E-state index is 12.7. The lowest BCUT2D eigenvalue weighted by atomic mass is 9.85. The standard InChI is InChI=1S/C74H132O4/c1-7-9-11-13-15-17-19-21-23-24-26-28-30-32-36-40-44-50-68(54-52-65(4)48-43-39-34-31-29-27-25-22-20-18-16-14-12-10-8-2)62-77-63-76-58-46-49-64(3)47-42-38-35-33-37-41-45-51-70-56-55-69(60-67(70)6)61-72-71-59-66(5)53-57-73(71)78-74(72)75/h53,55-56,59-60,64-65,68,72-73H,7-52,54,57-58,61-63H2,1-6H3. The predicted molar refractivity (Wildman–Crippen MR) is 341 cm³/mol. The molecular formula is C74H132O4. The second-order valence-corrected chi connectivity index (χ2v) is 26.2. The molecule has 0 radical (unpaired) electrons. The third-order valence-corrected chi connectivity index (χ3v) is 18.4. The van der Waals surface area contributed by atoms with Crippen LogP contribution in [0.25, 0.3) is 0 Å². The van der Waals surface area contributed by atoms with Crippen molar-refractivity contribution in [1.29, 1.82) is 0 Å². The average molecular weight is 1090 g/mol. The van der Waals surface area contributed by atoms with E-state index in [1.165, 1.54) is 317 Å². The number of unbranched alkanes of at least 4 members (excludes halogenated alkanes) is 36. The van der Waals surface area contributed by atoms with E-state index in [1.807, 2.05) is 0 Å². The number of hydrogen-bond acceptors (Lipinski definition) is 4. The average Bonchev–Trinajstić information content (AvgIpc) is 3.77. The van der Waals surface area contributed by atoms with Gasteiger partial charge in [0, 0.05) is 13.0 Å². The monoisotopic (exact) mass is 1090 g/mol. The number of benzene rings is 1. The molecule has 1 heterocycles. The smallest absolute Gasteiger partial charge is 0.314 e. The number of fused-ring (bicyclic) bond motifs is 1. The van der Waals surface area contributed by atoms with E-state index in [9.17, 15) is 4.79 Å². The number of aryl methyl sites for hydroxylation is 2. The van der Waals surface area contributed by atoms with Gasteiger partial charge in [0.05, 0.1) is 12.5 Å². The Kier molecular flexibility index (Phi) is 44.8. The van der Waals surface area contributed by atoms with Gasteiger partial charge in [0.25, 0.3) is 0 Å². The Hall–Kier alpha value is -1.91. The molecule has 0 bridgehead atoms. The summed E-state index contributed by atoms with van der Waals surface area (Å²) in [6, 6.07) is 6.87. The van der Waals surface area contributed by atoms with Crippen molar-refractivity contribution in [3.05, 3.63) is 58.2 Å². The molecule has 5 atom stereocenters. The molecule has 0 amide bonds. The van der Waals surface area contributed by atoms with Gasteiger partial charge < -0.3 is 14.2 Å². The maximum Gasteiger partial charge on any atom is 0.314 e. The first-order chi connectivity index (χ1) is 38.3. The molecule has 0 saturated carbocycles. The van der Waals surface area contributed by atoms with Crippen molar-refractivity contribution in [2.45, 2.75) is 362 Å². The molecular weight excluding hydrogens is 953 g/mol. The second kappa shape index (κ2) is 49.7. The fourth-order valence-corrected chi connectivity index (χ4v) is 12.9. The number of esters is 1. The van der Waals surface area contributed by atoms with Gasteiger partial charge in [0.2, 0.25) is 0 Å². The highest BCUT2D eigenvalue weighted by Crippen LogP contribution is 2.36. The molecule has 1 aliphatic heterocycles. The van der Waals surface area contributed by atoms with Crippen molar-refractivity contribution in [3.63, 3.8) is 0 Å². The number of hydrogen-bond donors (Lipinski definition) is 0. The number of allylic oxidation sites excluding steroid dienone is 2. The van der Waals surface area contributed by atoms with E-state index in [0.29, 0.717) is 12.7 Å². The van der Waals surface area contributed by atoms with Crippen molar-refractivity contribution < 1.29 is 19.0 Å². The molecule has 0 aromatic heterocycles. The van der Waals surface area contributed by atoms with Crippen LogP contribution in [0.3, 0.4) is 0 Å². The van der Waals surface area contributed by atoms with Crippen LogP contribution in [-0.2, 0) is 31.8 Å². The Morgan fingerprint density at radius 3 is 1.42 bits per heavy atom. The van der Waals surface area contributed by atoms with Gasteiger partial charge in [-0.15, -0.1) is 0 Å². The van der Waals surface area contributed by atoms with Crippen molar-refractivity contribution in [1.82, 2.24) is 0 Å². The minimum Gasteiger partial charge on any atom is -0.457 e. The highest BCUT2D eigenvalue weighted by atomic mass is 16.7. The summed E-state index contributed by atoms with van der Waals surface area (Å²) in [4.78, 5) is 12.7. The Morgan fingerprint density at radius 1 is 0.500 bits per heavy atom. The summed E-state index contributed by atoms with van der Waals surface area (Å²) >= 11 is 0. The lowest BCUT2D eigenvalue weighted by Gasteiger charge is -2.20. The van der Waals surface area contributed by atoms with E-state index in [0.717, 1.165) is 50.7 Å². The van der Waals surface area contributed by atoms with Crippen molar-refractivity contribution >= 4 is 5.97 Å². The summed E-state index contributed by atoms with van der Waals surface area (Å²) in [7, 11) is 0. The zero-order valence-electron chi connectivity index (χ0n) is 53.2. The van der Waals surface area contributed by atoms with Gasteiger partial charge in [0.1, 0.15) is 12.9 Å². The highest BCUT2D eigenvalue weighted by Gasteiger charge is 2.40. The normalized spacial score (nSPS) is 16.6. The van der Waals surface area contributed by atoms with E-state index in [2.05, 4.69) is 71.9 Å². The zero-order valence-corrected chi connectivity index (χ0v) is 53.2. The largest absolute Gasteiger partial charge is 0.457 e. The molecule has 3 rings (SSSR count). The van der Waals surface area contributed by atoms with Crippen LogP contribution in [-0.4, -0.2) is 32.1 Å². The summed E-state index contributed by atoms with van der Waals surface area (Å²) in [5.74, 6) is 2.13. The van der Waals surface area contributed by atoms with Crippen LogP contribution < -0.4 is 0 Å². The minimum atomic E-state index is -0.129. The topological polar surface area (TPSA) is 44.8 Å². The van der Waals surface area contributed by atoms with E-state index >= 15 is 0 Å². The molecule has 4 nitrogen and oxygen atoms in total. The lowest BCUT2D eigenvalue weighted by molar-refractivity contribution is -0.144. The maximum atomic E-state index is 12.7. The number of carbonyl (C=O) groups excluding carboxylic acids is 1. The van der Waals surface area contributed by atoms with Gasteiger partial charge in [-0.2, -0.15) is 0 Å². The van der Waals surface area contributed by atoms with Crippen LogP contribution in [0.2, 0.25) is 0 Å². The molecule has 5 unspecified atom stereocenters. The highest BCUT2D eigenvalue weighted by molar-refractivity contribution is 5.80. The molecule has 1 saturated heterocycles. The third-order valence-electron chi connectivity index (χ3n) is 18.4. The fraction of sp³-hybridized carbons (Fsp3) is 0.851. The Balaban J connectivity index is 1.18. The van der Waals surface area contributed by atoms with E-state index in [1.54, 1.807) is 0 Å². The Bertz CT molecular complexity index is 1590. The van der Waals surface area contributed by atoms with Crippen molar-refractivity contribution in [3.8, 4) is 0 Å². The second-order valence-electron chi connectivity index (χ2n) is 26.2. The number of rotatable bonds is 57. The molecule has 78 heavy (non-hydrogen) atoms. The van der Waals surface area contributed by atoms with E-state index in [4.69, 9.17) is 14.2 Å². The summed E-state index contributed by atoms with van der Waals surface area (Å²) < 4.78 is 18.0. The molecule has 1 fully saturated rings. The predicted octanol–water partition coefficient (Wildman–Crippen LogP) is 23.8. The quantitative estimate of drug-likeness (QED) is 0.0370. The van der Waals surface area contributed by atoms with Crippen LogP contribution in [0.15, 0.2) is 41.5 Å². The van der Waals surface area contributed by atoms with Crippen molar-refractivity contribution in [2.24, 2.45) is 23.7 Å². The van der Waals surface area contributed by atoms with Crippen LogP contribution in [0.1, 0.15) is 353 Å². The van der Waals surface area contributed by atoms with Gasteiger partial charge in [-0.1, -0.05) is 327 Å². The van der Waals surface area contributed by atoms with Gasteiger partial charge in [-0.05, 0) is 98.8 Å². The lowest BCUT2D eigenvalue weighted by Crippen LogP contribution is -2.14. The Labute approximate surface area is 486 Å². The Morgan fingerprint density at radius 2 is 0.936 bits per heavy atom. The fourth-order valence-electron chi connectivity index (χ4n) is 12.9. The van der Waals surface area contributed by atoms with Crippen molar-refractivity contribution in [2.75, 3.05) is 20.0 Å². The molecule has 1 aromatic rings. The van der Waals surface area contributed by atoms with Gasteiger partial charge in [-0.3, -0.25) is 4.79 Å². The molecule has 1 aromatic carbocycles.